The molecule has 0 unspecified atom stereocenters. The Morgan fingerprint density at radius 1 is 1.14 bits per heavy atom. The smallest absolute Gasteiger partial charge is 0.250 e. The van der Waals surface area contributed by atoms with Crippen LogP contribution in [0.1, 0.15) is 32.2 Å². The van der Waals surface area contributed by atoms with E-state index in [9.17, 15) is 26.0 Å². The minimum atomic E-state index is -4.23. The lowest BCUT2D eigenvalue weighted by Crippen LogP contribution is -2.45. The number of nitrogens with zero attached hydrogens (tertiary/aromatic N) is 3. The van der Waals surface area contributed by atoms with E-state index in [0.29, 0.717) is 0 Å². The summed E-state index contributed by atoms with van der Waals surface area (Å²) in [6.45, 7) is 4.90. The zero-order valence-corrected chi connectivity index (χ0v) is 22.0. The summed E-state index contributed by atoms with van der Waals surface area (Å²) in [5, 5.41) is 7.78. The first-order valence-electron chi connectivity index (χ1n) is 10.9. The van der Waals surface area contributed by atoms with Crippen molar-refractivity contribution < 1.29 is 34.8 Å². The van der Waals surface area contributed by atoms with Gasteiger partial charge in [-0.25, -0.2) is 25.6 Å². The first-order chi connectivity index (χ1) is 17.0. The van der Waals surface area contributed by atoms with E-state index < -0.39 is 65.9 Å². The lowest BCUT2D eigenvalue weighted by Gasteiger charge is -2.25. The highest BCUT2D eigenvalue weighted by Crippen LogP contribution is 2.37. The molecule has 4 rings (SSSR count). The van der Waals surface area contributed by atoms with Crippen molar-refractivity contribution in [3.63, 3.8) is 0 Å². The number of anilines is 1. The number of rotatable bonds is 4. The summed E-state index contributed by atoms with van der Waals surface area (Å²) >= 11 is 0. The van der Waals surface area contributed by atoms with E-state index in [1.54, 1.807) is 20.8 Å². The first-order valence-corrected chi connectivity index (χ1v) is 14.5. The van der Waals surface area contributed by atoms with E-state index in [1.807, 2.05) is 0 Å². The van der Waals surface area contributed by atoms with Crippen molar-refractivity contribution >= 4 is 31.3 Å². The Labute approximate surface area is 212 Å². The van der Waals surface area contributed by atoms with Gasteiger partial charge in [0, 0.05) is 17.2 Å². The predicted octanol–water partition coefficient (Wildman–Crippen LogP) is 2.36. The molecule has 0 bridgehead atoms. The van der Waals surface area contributed by atoms with E-state index in [-0.39, 0.29) is 33.5 Å². The highest BCUT2D eigenvalue weighted by atomic mass is 32.2. The highest BCUT2D eigenvalue weighted by Gasteiger charge is 2.38. The topological polar surface area (TPSA) is 154 Å². The molecule has 0 fully saturated rings. The Balaban J connectivity index is 1.89. The number of sulfone groups is 2. The molecule has 2 heterocycles. The van der Waals surface area contributed by atoms with E-state index in [1.165, 1.54) is 6.07 Å². The summed E-state index contributed by atoms with van der Waals surface area (Å²) in [5.74, 6) is -3.62. The first kappa shape index (κ1) is 26.8. The summed E-state index contributed by atoms with van der Waals surface area (Å²) < 4.78 is 85.1. The van der Waals surface area contributed by atoms with Crippen LogP contribution in [0.15, 0.2) is 44.5 Å². The predicted molar refractivity (Wildman–Crippen MR) is 129 cm³/mol. The van der Waals surface area contributed by atoms with Gasteiger partial charge >= 0.3 is 0 Å². The molecule has 2 N–H and O–H groups in total. The van der Waals surface area contributed by atoms with Gasteiger partial charge < -0.3 is 15.1 Å². The number of fused-ring (bicyclic) bond motifs is 1. The van der Waals surface area contributed by atoms with Gasteiger partial charge in [0.15, 0.2) is 19.7 Å². The van der Waals surface area contributed by atoms with Crippen LogP contribution in [-0.4, -0.2) is 51.0 Å². The number of hydrogen-bond donors (Lipinski definition) is 1. The molecule has 0 spiro atoms. The third-order valence-corrected chi connectivity index (χ3v) is 8.64. The quantitative estimate of drug-likeness (QED) is 0.512. The number of aromatic nitrogens is 2. The van der Waals surface area contributed by atoms with E-state index >= 15 is 4.39 Å². The summed E-state index contributed by atoms with van der Waals surface area (Å²) in [6, 6.07) is 3.42. The van der Waals surface area contributed by atoms with E-state index in [2.05, 4.69) is 10.2 Å². The minimum absolute atomic E-state index is 0.114. The molecule has 1 atom stereocenters. The SMILES string of the molecule is CC(C)(C)c1nnc(-c2cc3c(cc2F)S(=O)(=O)C[C@H](N)C(=O)N3Cc2ccc(S(C)(=O)=O)cc2F)o1. The molecule has 0 aliphatic carbocycles. The molecular formula is C23H24F2N4O6S2. The van der Waals surface area contributed by atoms with Gasteiger partial charge in [0.25, 0.3) is 5.89 Å². The maximum Gasteiger partial charge on any atom is 0.250 e. The van der Waals surface area contributed by atoms with Gasteiger partial charge in [-0.05, 0) is 24.3 Å². The van der Waals surface area contributed by atoms with Gasteiger partial charge in [-0.3, -0.25) is 4.79 Å². The van der Waals surface area contributed by atoms with Crippen LogP contribution < -0.4 is 10.6 Å². The van der Waals surface area contributed by atoms with Crippen molar-refractivity contribution in [2.45, 2.75) is 48.6 Å². The average Bonchev–Trinajstić information content (AvgIpc) is 3.25. The minimum Gasteiger partial charge on any atom is -0.420 e. The van der Waals surface area contributed by atoms with Crippen LogP contribution in [0.4, 0.5) is 14.5 Å². The van der Waals surface area contributed by atoms with Gasteiger partial charge in [-0.1, -0.05) is 26.8 Å². The molecule has 1 aliphatic heterocycles. The normalized spacial score (nSPS) is 18.0. The van der Waals surface area contributed by atoms with Crippen LogP contribution in [0.3, 0.4) is 0 Å². The molecule has 198 valence electrons. The second kappa shape index (κ2) is 8.96. The van der Waals surface area contributed by atoms with Gasteiger partial charge in [0.2, 0.25) is 11.8 Å². The number of hydrogen-bond acceptors (Lipinski definition) is 9. The standard InChI is InChI=1S/C23H24F2N4O6S2/c1-23(2,3)22-28-27-20(35-22)14-8-18-19(9-16(14)25)37(33,34)11-17(26)21(30)29(18)10-12-5-6-13(7-15(12)24)36(4,31)32/h5-9,17H,10-11,26H2,1-4H3/t17-/m0/s1. The molecule has 1 aliphatic rings. The molecule has 1 amide bonds. The molecule has 0 saturated heterocycles. The summed E-state index contributed by atoms with van der Waals surface area (Å²) in [7, 11) is -7.93. The van der Waals surface area contributed by atoms with Crippen molar-refractivity contribution in [1.29, 1.82) is 0 Å². The van der Waals surface area contributed by atoms with Gasteiger partial charge in [-0.2, -0.15) is 0 Å². The maximum atomic E-state index is 15.2. The molecule has 2 aromatic carbocycles. The summed E-state index contributed by atoms with van der Waals surface area (Å²) in [4.78, 5) is 13.3. The van der Waals surface area contributed by atoms with Crippen LogP contribution in [0.5, 0.6) is 0 Å². The van der Waals surface area contributed by atoms with Gasteiger partial charge in [0.1, 0.15) is 11.6 Å². The fourth-order valence-electron chi connectivity index (χ4n) is 3.74. The van der Waals surface area contributed by atoms with E-state index in [4.69, 9.17) is 10.2 Å². The molecule has 37 heavy (non-hydrogen) atoms. The zero-order valence-electron chi connectivity index (χ0n) is 20.3. The Kier molecular flexibility index (Phi) is 6.49. The monoisotopic (exact) mass is 554 g/mol. The Morgan fingerprint density at radius 2 is 1.81 bits per heavy atom. The van der Waals surface area contributed by atoms with Crippen LogP contribution in [0.2, 0.25) is 0 Å². The zero-order chi connectivity index (χ0) is 27.5. The second-order valence-corrected chi connectivity index (χ2v) is 13.8. The molecule has 3 aromatic rings. The third-order valence-electron chi connectivity index (χ3n) is 5.73. The van der Waals surface area contributed by atoms with Crippen molar-refractivity contribution in [2.24, 2.45) is 5.73 Å². The number of nitrogens with two attached hydrogens (primary N) is 1. The van der Waals surface area contributed by atoms with Gasteiger partial charge in [-0.15, -0.1) is 10.2 Å². The molecule has 14 heteroatoms. The third kappa shape index (κ3) is 5.13. The number of carbonyl (C=O) groups is 1. The van der Waals surface area contributed by atoms with Crippen LogP contribution in [0, 0.1) is 11.6 Å². The van der Waals surface area contributed by atoms with Crippen molar-refractivity contribution in [1.82, 2.24) is 10.2 Å². The Morgan fingerprint density at radius 3 is 2.38 bits per heavy atom. The fourth-order valence-corrected chi connectivity index (χ4v) is 5.94. The molecule has 10 nitrogen and oxygen atoms in total. The van der Waals surface area contributed by atoms with E-state index in [0.717, 1.165) is 35.4 Å². The lowest BCUT2D eigenvalue weighted by molar-refractivity contribution is -0.119. The van der Waals surface area contributed by atoms with Crippen molar-refractivity contribution in [3.8, 4) is 11.5 Å². The summed E-state index contributed by atoms with van der Waals surface area (Å²) in [6.07, 6.45) is 0.915. The Bertz CT molecular complexity index is 1630. The average molecular weight is 555 g/mol. The number of carbonyl (C=O) groups excluding carboxylic acids is 1. The maximum absolute atomic E-state index is 15.2. The number of halogens is 2. The van der Waals surface area contributed by atoms with Gasteiger partial charge in [0.05, 0.1) is 39.4 Å². The molecule has 0 saturated carbocycles. The molecule has 1 aromatic heterocycles. The largest absolute Gasteiger partial charge is 0.420 e. The van der Waals surface area contributed by atoms with Crippen LogP contribution >= 0.6 is 0 Å². The van der Waals surface area contributed by atoms with Crippen LogP contribution in [0.25, 0.3) is 11.5 Å². The highest BCUT2D eigenvalue weighted by molar-refractivity contribution is 7.91. The van der Waals surface area contributed by atoms with Crippen molar-refractivity contribution in [2.75, 3.05) is 16.9 Å². The Hall–Kier alpha value is -3.23. The number of amides is 1. The molecule has 0 radical (unpaired) electrons. The lowest BCUT2D eigenvalue weighted by atomic mass is 9.97. The molecular weight excluding hydrogens is 530 g/mol. The van der Waals surface area contributed by atoms with Crippen molar-refractivity contribution in [3.05, 3.63) is 53.4 Å². The van der Waals surface area contributed by atoms with Crippen LogP contribution in [-0.2, 0) is 36.4 Å². The number of benzene rings is 2. The second-order valence-electron chi connectivity index (χ2n) is 9.80. The fraction of sp³-hybridized carbons (Fsp3) is 0.348. The summed E-state index contributed by atoms with van der Waals surface area (Å²) in [5.41, 5.74) is 4.67.